The van der Waals surface area contributed by atoms with Gasteiger partial charge in [0.1, 0.15) is 5.75 Å². The van der Waals surface area contributed by atoms with Gasteiger partial charge in [-0.2, -0.15) is 57.5 Å². The molecule has 115 heavy (non-hydrogen) atoms. The number of aromatic hydroxyl groups is 3. The summed E-state index contributed by atoms with van der Waals surface area (Å²) in [6.45, 7) is 19.8. The van der Waals surface area contributed by atoms with Gasteiger partial charge >= 0.3 is 0 Å². The van der Waals surface area contributed by atoms with Crippen LogP contribution in [0.4, 0.5) is 17.6 Å². The fourth-order valence-electron chi connectivity index (χ4n) is 21.1. The van der Waals surface area contributed by atoms with Crippen molar-refractivity contribution in [2.45, 2.75) is 329 Å². The molecule has 10 aliphatic rings. The van der Waals surface area contributed by atoms with Crippen LogP contribution in [0.25, 0.3) is 11.1 Å². The summed E-state index contributed by atoms with van der Waals surface area (Å²) in [5, 5.41) is 36.7. The monoisotopic (exact) mass is 2030 g/mol. The maximum Gasteiger partial charge on any atom is 0.200 e. The van der Waals surface area contributed by atoms with Gasteiger partial charge in [-0.05, 0) is 334 Å². The number of hydrogen-bond donors (Lipinski definition) is 4. The predicted octanol–water partition coefficient (Wildman–Crippen LogP) is 29.8. The SMILES string of the molecule is C/C=C/C1CCC(C2CCC(C)CC2)CC1.C=CC1CCC(C2CCC(c3cc[c-]cc3)CC2)CC1.CC1CCC(C2CCC(O)CC2)CC1.CC1CCC(C2CC[CH-]CC2)CC1.CC1CCC(c2ccc(O)c(F)c2F)CC1.CC1CCC(c2ccc(O)cc2)CC1.Cc1ccc(-c2ccc(O)c(F)c2F)cc1.[Y].[Y].[Y].[Y].[Y].[Y]. The molecule has 10 aliphatic carbocycles. The van der Waals surface area contributed by atoms with E-state index in [9.17, 15) is 27.8 Å². The van der Waals surface area contributed by atoms with Gasteiger partial charge in [-0.3, -0.25) is 0 Å². The molecular weight excluding hydrogens is 1890 g/mol. The largest absolute Gasteiger partial charge is 0.508 e. The Labute approximate surface area is 848 Å². The second-order valence-electron chi connectivity index (χ2n) is 36.8. The van der Waals surface area contributed by atoms with Crippen molar-refractivity contribution in [1.29, 1.82) is 0 Å². The summed E-state index contributed by atoms with van der Waals surface area (Å²) >= 11 is 0. The Morgan fingerprint density at radius 2 is 0.687 bits per heavy atom. The summed E-state index contributed by atoms with van der Waals surface area (Å²) in [5.41, 5.74) is 5.13. The van der Waals surface area contributed by atoms with Crippen LogP contribution in [0, 0.1) is 131 Å². The minimum atomic E-state index is -1.21. The average Bonchev–Trinajstić information content (AvgIpc) is 0.825. The van der Waals surface area contributed by atoms with Crippen molar-refractivity contribution in [2.24, 2.45) is 88.8 Å². The van der Waals surface area contributed by atoms with Crippen LogP contribution in [0.5, 0.6) is 17.2 Å². The van der Waals surface area contributed by atoms with E-state index in [4.69, 9.17) is 10.2 Å². The van der Waals surface area contributed by atoms with Crippen LogP contribution in [0.15, 0.2) is 122 Å². The number of aliphatic hydroxyl groups excluding tert-OH is 1. The number of halogens is 4. The number of benzene rings is 5. The molecule has 4 N–H and O–H groups in total. The molecule has 0 atom stereocenters. The molecule has 0 heterocycles. The molecule has 4 nitrogen and oxygen atoms in total. The van der Waals surface area contributed by atoms with Crippen molar-refractivity contribution < 1.29 is 234 Å². The molecule has 10 fully saturated rings. The van der Waals surface area contributed by atoms with Crippen LogP contribution in [-0.2, 0) is 196 Å². The van der Waals surface area contributed by atoms with Crippen LogP contribution >= 0.6 is 0 Å². The molecule has 6 radical (unpaired) electrons. The van der Waals surface area contributed by atoms with Gasteiger partial charge in [-0.15, -0.1) is 6.58 Å². The van der Waals surface area contributed by atoms with Crippen LogP contribution in [0.2, 0.25) is 0 Å². The second kappa shape index (κ2) is 60.1. The van der Waals surface area contributed by atoms with Gasteiger partial charge < -0.3 is 26.8 Å². The summed E-state index contributed by atoms with van der Waals surface area (Å²) in [7, 11) is 0. The first-order chi connectivity index (χ1) is 52.7. The van der Waals surface area contributed by atoms with E-state index in [2.05, 4.69) is 115 Å². The van der Waals surface area contributed by atoms with E-state index in [-0.39, 0.29) is 214 Å². The summed E-state index contributed by atoms with van der Waals surface area (Å²) in [4.78, 5) is 0. The van der Waals surface area contributed by atoms with Crippen LogP contribution in [-0.4, -0.2) is 26.5 Å². The number of aliphatic hydroxyl groups is 1. The molecule has 0 bridgehead atoms. The van der Waals surface area contributed by atoms with Gasteiger partial charge in [-0.1, -0.05) is 178 Å². The molecule has 10 saturated carbocycles. The van der Waals surface area contributed by atoms with E-state index in [1.807, 2.05) is 19.1 Å². The van der Waals surface area contributed by atoms with Crippen molar-refractivity contribution in [3.63, 3.8) is 0 Å². The molecule has 0 aliphatic heterocycles. The summed E-state index contributed by atoms with van der Waals surface area (Å²) in [6.07, 6.45) is 64.4. The summed E-state index contributed by atoms with van der Waals surface area (Å²) in [5.74, 6) is 11.1. The number of hydrogen-bond acceptors (Lipinski definition) is 4. The smallest absolute Gasteiger partial charge is 0.200 e. The molecular formula is C101H146F4O4Y6-2. The average molecular weight is 2030 g/mol. The second-order valence-corrected chi connectivity index (χ2v) is 36.8. The zero-order valence-corrected chi connectivity index (χ0v) is 89.3. The minimum Gasteiger partial charge on any atom is -0.508 e. The molecule has 0 spiro atoms. The number of aryl methyl sites for hydroxylation is 1. The number of phenols is 3. The minimum absolute atomic E-state index is 0. The van der Waals surface area contributed by atoms with Gasteiger partial charge in [0.15, 0.2) is 23.1 Å². The number of allylic oxidation sites excluding steroid dienone is 3. The topological polar surface area (TPSA) is 80.9 Å². The van der Waals surface area contributed by atoms with E-state index in [1.54, 1.807) is 24.3 Å². The molecule has 15 rings (SSSR count). The molecule has 0 saturated heterocycles. The van der Waals surface area contributed by atoms with Crippen LogP contribution < -0.4 is 0 Å². The van der Waals surface area contributed by atoms with Gasteiger partial charge in [-0.25, -0.2) is 8.78 Å². The van der Waals surface area contributed by atoms with Crippen molar-refractivity contribution >= 4 is 0 Å². The van der Waals surface area contributed by atoms with E-state index >= 15 is 0 Å². The zero-order chi connectivity index (χ0) is 77.6. The Kier molecular flexibility index (Phi) is 57.7. The van der Waals surface area contributed by atoms with Crippen molar-refractivity contribution in [3.8, 4) is 28.4 Å². The normalized spacial score (nSPS) is 29.9. The van der Waals surface area contributed by atoms with Crippen molar-refractivity contribution in [3.05, 3.63) is 180 Å². The zero-order valence-electron chi connectivity index (χ0n) is 72.3. The summed E-state index contributed by atoms with van der Waals surface area (Å²) in [6, 6.07) is 31.8. The van der Waals surface area contributed by atoms with E-state index in [1.165, 1.54) is 248 Å². The predicted molar refractivity (Wildman–Crippen MR) is 449 cm³/mol. The third-order valence-corrected chi connectivity index (χ3v) is 28.8. The van der Waals surface area contributed by atoms with Crippen LogP contribution in [0.1, 0.15) is 338 Å². The van der Waals surface area contributed by atoms with Crippen molar-refractivity contribution in [2.75, 3.05) is 0 Å². The molecule has 622 valence electrons. The molecule has 5 aromatic rings. The maximum atomic E-state index is 13.6. The van der Waals surface area contributed by atoms with E-state index in [0.717, 1.165) is 145 Å². The fraction of sp³-hybridized carbons (Fsp3) is 0.653. The Morgan fingerprint density at radius 1 is 0.357 bits per heavy atom. The number of phenolic OH excluding ortho intramolecular Hbond substituents is 3. The molecule has 0 aromatic heterocycles. The first-order valence-electron chi connectivity index (χ1n) is 44.6. The fourth-order valence-corrected chi connectivity index (χ4v) is 21.1. The van der Waals surface area contributed by atoms with Crippen molar-refractivity contribution in [1.82, 2.24) is 0 Å². The molecule has 0 amide bonds. The first-order valence-corrected chi connectivity index (χ1v) is 44.6. The molecule has 14 heteroatoms. The Bertz CT molecular complexity index is 3340. The van der Waals surface area contributed by atoms with Gasteiger partial charge in [0.05, 0.1) is 6.10 Å². The third-order valence-electron chi connectivity index (χ3n) is 28.8. The first kappa shape index (κ1) is 110. The van der Waals surface area contributed by atoms with Gasteiger partial charge in [0.2, 0.25) is 11.6 Å². The quantitative estimate of drug-likeness (QED) is 0.0638. The Morgan fingerprint density at radius 3 is 1.10 bits per heavy atom. The maximum absolute atomic E-state index is 13.6. The molecule has 0 unspecified atom stereocenters. The third kappa shape index (κ3) is 37.6. The van der Waals surface area contributed by atoms with E-state index in [0.29, 0.717) is 22.8 Å². The van der Waals surface area contributed by atoms with Crippen LogP contribution in [0.3, 0.4) is 0 Å². The standard InChI is InChI=1S/C20H27.C16H28.C13H16F2O.C13H10F2O.C13H24O.C13H18O.C13H23.6Y/c1-2-16-8-10-18(11-9-16)20-14-12-19(13-15-20)17-6-4-3-5-7-17;1-3-4-14-7-11-16(12-8-14)15-9-5-13(2)6-10-15;2*1-8-2-4-9(5-3-8)10-6-7-11(16)13(15)12(10)14;2*1-10-2-4-11(5-3-10)12-6-8-13(14)9-7-12;1-11-7-9-13(10-8-11)12-5-3-2-4-6-12;;;;;;/h2,4-7,16,18-20H,1,8-15H2;3-4,13-16H,5-12H2,1-2H3;6-9,16H,2-5H2,1H3;2-7,16H,1H3;10-14H,2-9H2,1H3;6-11,14H,2-5H2,1H3;2,11-13H,3-10H2,1H3;;;;;;/q-1;;;;;;-1;;;;;;/b;4-3+;;;;;;;;;;;. The van der Waals surface area contributed by atoms with Gasteiger partial charge in [0, 0.05) is 202 Å². The number of rotatable bonds is 10. The van der Waals surface area contributed by atoms with Gasteiger partial charge in [0.25, 0.3) is 0 Å². The molecule has 5 aromatic carbocycles. The summed E-state index contributed by atoms with van der Waals surface area (Å²) < 4.78 is 53.5. The Balaban J connectivity index is 0.000000345. The van der Waals surface area contributed by atoms with E-state index < -0.39 is 34.8 Å². The Hall–Kier alpha value is 1.28.